The molecule has 2 aromatic carbocycles. The standard InChI is InChI=1S/C22H20ClN3O4/c1-14-11-16(12-15-3-2-4-19-21(15)30-10-9-29-19)22(28)26(25-14)13-20(27)24-18-7-5-17(23)6-8-18/h2-8,11H,9-10,12-13H2,1H3,(H,24,27). The number of anilines is 1. The fraction of sp³-hybridized carbons (Fsp3) is 0.227. The lowest BCUT2D eigenvalue weighted by molar-refractivity contribution is -0.117. The molecule has 0 spiro atoms. The van der Waals surface area contributed by atoms with Gasteiger partial charge in [0.25, 0.3) is 5.56 Å². The molecular formula is C22H20ClN3O4. The van der Waals surface area contributed by atoms with Gasteiger partial charge in [-0.1, -0.05) is 23.7 Å². The second-order valence-corrected chi connectivity index (χ2v) is 7.38. The van der Waals surface area contributed by atoms with Crippen LogP contribution in [0, 0.1) is 6.92 Å². The van der Waals surface area contributed by atoms with Crippen LogP contribution in [0.25, 0.3) is 0 Å². The highest BCUT2D eigenvalue weighted by Crippen LogP contribution is 2.34. The lowest BCUT2D eigenvalue weighted by Gasteiger charge is -2.21. The Morgan fingerprint density at radius 3 is 2.70 bits per heavy atom. The van der Waals surface area contributed by atoms with E-state index in [4.69, 9.17) is 21.1 Å². The number of fused-ring (bicyclic) bond motifs is 1. The van der Waals surface area contributed by atoms with Crippen molar-refractivity contribution in [2.75, 3.05) is 18.5 Å². The number of halogens is 1. The van der Waals surface area contributed by atoms with E-state index in [0.29, 0.717) is 53.1 Å². The van der Waals surface area contributed by atoms with Crippen molar-refractivity contribution in [1.82, 2.24) is 9.78 Å². The molecule has 0 saturated heterocycles. The number of para-hydroxylation sites is 1. The highest BCUT2D eigenvalue weighted by Gasteiger charge is 2.18. The molecule has 4 rings (SSSR count). The fourth-order valence-corrected chi connectivity index (χ4v) is 3.45. The van der Waals surface area contributed by atoms with Crippen LogP contribution < -0.4 is 20.3 Å². The van der Waals surface area contributed by atoms with Gasteiger partial charge in [-0.05, 0) is 43.3 Å². The normalized spacial score (nSPS) is 12.5. The lowest BCUT2D eigenvalue weighted by atomic mass is 10.0. The summed E-state index contributed by atoms with van der Waals surface area (Å²) in [6.07, 6.45) is 0.355. The number of ether oxygens (including phenoxy) is 2. The summed E-state index contributed by atoms with van der Waals surface area (Å²) in [5.74, 6) is 0.981. The number of hydrogen-bond acceptors (Lipinski definition) is 5. The Bertz CT molecular complexity index is 1140. The maximum absolute atomic E-state index is 13.0. The maximum atomic E-state index is 13.0. The van der Waals surface area contributed by atoms with Crippen LogP contribution in [0.2, 0.25) is 5.02 Å². The van der Waals surface area contributed by atoms with Crippen LogP contribution in [0.4, 0.5) is 5.69 Å². The van der Waals surface area contributed by atoms with Gasteiger partial charge in [0, 0.05) is 28.3 Å². The van der Waals surface area contributed by atoms with Crippen molar-refractivity contribution in [3.63, 3.8) is 0 Å². The van der Waals surface area contributed by atoms with Crippen molar-refractivity contribution < 1.29 is 14.3 Å². The molecule has 0 bridgehead atoms. The van der Waals surface area contributed by atoms with Gasteiger partial charge in [-0.2, -0.15) is 5.10 Å². The third-order valence-corrected chi connectivity index (χ3v) is 4.87. The average Bonchev–Trinajstić information content (AvgIpc) is 2.73. The second kappa shape index (κ2) is 8.59. The minimum absolute atomic E-state index is 0.192. The van der Waals surface area contributed by atoms with Crippen molar-refractivity contribution in [1.29, 1.82) is 0 Å². The minimum Gasteiger partial charge on any atom is -0.486 e. The van der Waals surface area contributed by atoms with Crippen LogP contribution in [0.1, 0.15) is 16.8 Å². The molecule has 1 N–H and O–H groups in total. The Labute approximate surface area is 178 Å². The Morgan fingerprint density at radius 2 is 1.90 bits per heavy atom. The molecule has 2 heterocycles. The zero-order valence-corrected chi connectivity index (χ0v) is 17.1. The van der Waals surface area contributed by atoms with E-state index in [1.807, 2.05) is 18.2 Å². The molecule has 8 heteroatoms. The number of carbonyl (C=O) groups is 1. The van der Waals surface area contributed by atoms with Gasteiger partial charge in [-0.15, -0.1) is 0 Å². The highest BCUT2D eigenvalue weighted by molar-refractivity contribution is 6.30. The number of aromatic nitrogens is 2. The van der Waals surface area contributed by atoms with Crippen LogP contribution in [-0.2, 0) is 17.8 Å². The topological polar surface area (TPSA) is 82.5 Å². The first-order valence-electron chi connectivity index (χ1n) is 9.50. The van der Waals surface area contributed by atoms with E-state index >= 15 is 0 Å². The number of hydrogen-bond donors (Lipinski definition) is 1. The first-order chi connectivity index (χ1) is 14.5. The number of benzene rings is 2. The SMILES string of the molecule is Cc1cc(Cc2cccc3c2OCCO3)c(=O)n(CC(=O)Nc2ccc(Cl)cc2)n1. The summed E-state index contributed by atoms with van der Waals surface area (Å²) < 4.78 is 12.5. The van der Waals surface area contributed by atoms with Gasteiger partial charge >= 0.3 is 0 Å². The van der Waals surface area contributed by atoms with Crippen LogP contribution in [0.5, 0.6) is 11.5 Å². The van der Waals surface area contributed by atoms with E-state index in [2.05, 4.69) is 10.4 Å². The summed E-state index contributed by atoms with van der Waals surface area (Å²) in [6.45, 7) is 2.56. The fourth-order valence-electron chi connectivity index (χ4n) is 3.33. The molecule has 1 aliphatic heterocycles. The predicted octanol–water partition coefficient (Wildman–Crippen LogP) is 3.21. The van der Waals surface area contributed by atoms with E-state index in [-0.39, 0.29) is 18.0 Å². The van der Waals surface area contributed by atoms with Crippen LogP contribution >= 0.6 is 11.6 Å². The summed E-state index contributed by atoms with van der Waals surface area (Å²) in [7, 11) is 0. The second-order valence-electron chi connectivity index (χ2n) is 6.95. The molecule has 7 nitrogen and oxygen atoms in total. The van der Waals surface area contributed by atoms with E-state index < -0.39 is 0 Å². The molecule has 1 aromatic heterocycles. The zero-order chi connectivity index (χ0) is 21.1. The molecular weight excluding hydrogens is 406 g/mol. The molecule has 3 aromatic rings. The Morgan fingerprint density at radius 1 is 1.13 bits per heavy atom. The monoisotopic (exact) mass is 425 g/mol. The maximum Gasteiger partial charge on any atom is 0.270 e. The quantitative estimate of drug-likeness (QED) is 0.678. The zero-order valence-electron chi connectivity index (χ0n) is 16.4. The van der Waals surface area contributed by atoms with Crippen LogP contribution in [0.3, 0.4) is 0 Å². The summed E-state index contributed by atoms with van der Waals surface area (Å²) >= 11 is 5.86. The van der Waals surface area contributed by atoms with Gasteiger partial charge < -0.3 is 14.8 Å². The lowest BCUT2D eigenvalue weighted by Crippen LogP contribution is -2.32. The predicted molar refractivity (Wildman–Crippen MR) is 114 cm³/mol. The summed E-state index contributed by atoms with van der Waals surface area (Å²) in [6, 6.07) is 14.1. The summed E-state index contributed by atoms with van der Waals surface area (Å²) in [5, 5.41) is 7.54. The van der Waals surface area contributed by atoms with E-state index in [0.717, 1.165) is 5.56 Å². The van der Waals surface area contributed by atoms with E-state index in [1.54, 1.807) is 37.3 Å². The van der Waals surface area contributed by atoms with Gasteiger partial charge in [0.1, 0.15) is 19.8 Å². The number of carbonyl (C=O) groups excluding carboxylic acids is 1. The smallest absolute Gasteiger partial charge is 0.270 e. The highest BCUT2D eigenvalue weighted by atomic mass is 35.5. The molecule has 0 aliphatic carbocycles. The molecule has 0 unspecified atom stereocenters. The van der Waals surface area contributed by atoms with Crippen molar-refractivity contribution >= 4 is 23.2 Å². The molecule has 1 amide bonds. The number of nitrogens with zero attached hydrogens (tertiary/aromatic N) is 2. The summed E-state index contributed by atoms with van der Waals surface area (Å²) in [5.41, 5.74) is 2.31. The van der Waals surface area contributed by atoms with E-state index in [1.165, 1.54) is 4.68 Å². The minimum atomic E-state index is -0.350. The molecule has 0 atom stereocenters. The Kier molecular flexibility index (Phi) is 5.72. The van der Waals surface area contributed by atoms with Crippen molar-refractivity contribution in [3.8, 4) is 11.5 Å². The molecule has 154 valence electrons. The van der Waals surface area contributed by atoms with E-state index in [9.17, 15) is 9.59 Å². The van der Waals surface area contributed by atoms with Gasteiger partial charge in [-0.3, -0.25) is 9.59 Å². The number of rotatable bonds is 5. The van der Waals surface area contributed by atoms with Gasteiger partial charge in [0.2, 0.25) is 5.91 Å². The van der Waals surface area contributed by atoms with Gasteiger partial charge in [-0.25, -0.2) is 4.68 Å². The average molecular weight is 426 g/mol. The van der Waals surface area contributed by atoms with Crippen molar-refractivity contribution in [2.45, 2.75) is 19.9 Å². The van der Waals surface area contributed by atoms with Crippen LogP contribution in [-0.4, -0.2) is 28.9 Å². The molecule has 30 heavy (non-hydrogen) atoms. The first kappa shape index (κ1) is 20.0. The molecule has 0 radical (unpaired) electrons. The largest absolute Gasteiger partial charge is 0.486 e. The number of amides is 1. The number of nitrogens with one attached hydrogen (secondary N) is 1. The summed E-state index contributed by atoms with van der Waals surface area (Å²) in [4.78, 5) is 25.4. The van der Waals surface area contributed by atoms with Gasteiger partial charge in [0.05, 0.1) is 5.69 Å². The number of aryl methyl sites for hydroxylation is 1. The third kappa shape index (κ3) is 4.46. The van der Waals surface area contributed by atoms with Gasteiger partial charge in [0.15, 0.2) is 11.5 Å². The Balaban J connectivity index is 1.56. The first-order valence-corrected chi connectivity index (χ1v) is 9.88. The van der Waals surface area contributed by atoms with Crippen molar-refractivity contribution in [3.05, 3.63) is 80.7 Å². The molecule has 0 saturated carbocycles. The third-order valence-electron chi connectivity index (χ3n) is 4.62. The molecule has 1 aliphatic rings. The molecule has 0 fully saturated rings. The Hall–Kier alpha value is -3.32. The van der Waals surface area contributed by atoms with Crippen molar-refractivity contribution in [2.24, 2.45) is 0 Å². The van der Waals surface area contributed by atoms with Crippen LogP contribution in [0.15, 0.2) is 53.3 Å².